The third-order valence-electron chi connectivity index (χ3n) is 4.79. The zero-order valence-corrected chi connectivity index (χ0v) is 19.4. The van der Waals surface area contributed by atoms with E-state index in [0.29, 0.717) is 5.56 Å². The molecule has 0 saturated heterocycles. The number of carbonyl (C=O) groups excluding carboxylic acids is 2. The second-order valence-electron chi connectivity index (χ2n) is 7.48. The highest BCUT2D eigenvalue weighted by Crippen LogP contribution is 2.42. The van der Waals surface area contributed by atoms with E-state index in [1.807, 2.05) is 0 Å². The molecule has 1 aromatic carbocycles. The smallest absolute Gasteiger partial charge is 0.387 e. The van der Waals surface area contributed by atoms with Crippen molar-refractivity contribution in [2.24, 2.45) is 5.16 Å². The van der Waals surface area contributed by atoms with Gasteiger partial charge >= 0.3 is 12.4 Å². The molecule has 1 aliphatic heterocycles. The number of aryl methyl sites for hydroxylation is 1. The Balaban J connectivity index is 1.72. The molecule has 196 valence electrons. The van der Waals surface area contributed by atoms with E-state index >= 15 is 0 Å². The molecule has 16 heteroatoms. The standard InChI is InChI=1S/C20H14ClF8N3O3S/c1-7-2-12(36-17(7)18(34)30-5-13(33)31-6-19(24,25)26)10-4-11(35-32-10)14-15(22)8(20(27,28)29)3-9(21)16(14)23/h2-3,11H,4-6H2,1H3,(H,30,34)(H,31,33). The molecular weight excluding hydrogens is 550 g/mol. The number of amides is 2. The Morgan fingerprint density at radius 1 is 1.14 bits per heavy atom. The van der Waals surface area contributed by atoms with Gasteiger partial charge in [-0.3, -0.25) is 9.59 Å². The van der Waals surface area contributed by atoms with Crippen LogP contribution in [0.2, 0.25) is 5.02 Å². The van der Waals surface area contributed by atoms with Crippen LogP contribution in [0.15, 0.2) is 17.3 Å². The van der Waals surface area contributed by atoms with Crippen molar-refractivity contribution in [1.82, 2.24) is 10.6 Å². The molecule has 0 bridgehead atoms. The Bertz CT molecular complexity index is 1230. The van der Waals surface area contributed by atoms with Crippen LogP contribution in [0.25, 0.3) is 0 Å². The first-order valence-electron chi connectivity index (χ1n) is 9.78. The molecule has 0 aliphatic carbocycles. The average Bonchev–Trinajstić information content (AvgIpc) is 3.39. The number of benzene rings is 1. The Morgan fingerprint density at radius 3 is 2.42 bits per heavy atom. The summed E-state index contributed by atoms with van der Waals surface area (Å²) in [6.45, 7) is -0.801. The summed E-state index contributed by atoms with van der Waals surface area (Å²) in [5, 5.41) is 6.46. The molecule has 2 amide bonds. The molecule has 1 aliphatic rings. The molecule has 0 saturated carbocycles. The van der Waals surface area contributed by atoms with Gasteiger partial charge in [0.25, 0.3) is 5.91 Å². The molecule has 0 spiro atoms. The lowest BCUT2D eigenvalue weighted by Crippen LogP contribution is -2.40. The second-order valence-corrected chi connectivity index (χ2v) is 8.94. The van der Waals surface area contributed by atoms with Gasteiger partial charge in [0.15, 0.2) is 11.9 Å². The van der Waals surface area contributed by atoms with Crippen LogP contribution >= 0.6 is 22.9 Å². The maximum atomic E-state index is 14.5. The van der Waals surface area contributed by atoms with Gasteiger partial charge in [-0.15, -0.1) is 11.3 Å². The van der Waals surface area contributed by atoms with Crippen molar-refractivity contribution in [2.45, 2.75) is 31.8 Å². The molecule has 0 fully saturated rings. The van der Waals surface area contributed by atoms with Crippen LogP contribution in [-0.4, -0.2) is 36.8 Å². The van der Waals surface area contributed by atoms with Gasteiger partial charge in [-0.25, -0.2) is 8.78 Å². The minimum Gasteiger partial charge on any atom is -0.387 e. The fourth-order valence-electron chi connectivity index (χ4n) is 3.14. The van der Waals surface area contributed by atoms with Gasteiger partial charge in [0, 0.05) is 6.42 Å². The lowest BCUT2D eigenvalue weighted by Gasteiger charge is -2.16. The Labute approximate surface area is 206 Å². The molecule has 2 N–H and O–H groups in total. The maximum absolute atomic E-state index is 14.5. The Kier molecular flexibility index (Phi) is 7.83. The number of nitrogens with zero attached hydrogens (tertiary/aromatic N) is 1. The van der Waals surface area contributed by atoms with E-state index in [9.17, 15) is 44.7 Å². The quantitative estimate of drug-likeness (QED) is 0.371. The third kappa shape index (κ3) is 6.24. The van der Waals surface area contributed by atoms with Crippen molar-refractivity contribution in [3.05, 3.63) is 55.2 Å². The molecule has 0 radical (unpaired) electrons. The van der Waals surface area contributed by atoms with E-state index in [4.69, 9.17) is 16.4 Å². The normalized spacial score (nSPS) is 15.9. The molecule has 1 aromatic heterocycles. The first kappa shape index (κ1) is 27.6. The molecule has 1 atom stereocenters. The van der Waals surface area contributed by atoms with E-state index in [1.165, 1.54) is 13.0 Å². The zero-order chi connectivity index (χ0) is 27.0. The lowest BCUT2D eigenvalue weighted by atomic mass is 9.99. The summed E-state index contributed by atoms with van der Waals surface area (Å²) in [4.78, 5) is 29.1. The van der Waals surface area contributed by atoms with Crippen LogP contribution in [0.4, 0.5) is 35.1 Å². The van der Waals surface area contributed by atoms with E-state index in [0.717, 1.165) is 11.3 Å². The Hall–Kier alpha value is -2.94. The summed E-state index contributed by atoms with van der Waals surface area (Å²) in [5.41, 5.74) is -2.38. The van der Waals surface area contributed by atoms with Gasteiger partial charge in [0.05, 0.1) is 32.4 Å². The van der Waals surface area contributed by atoms with Crippen LogP contribution in [0, 0.1) is 18.6 Å². The summed E-state index contributed by atoms with van der Waals surface area (Å²) in [6.07, 6.45) is -11.7. The van der Waals surface area contributed by atoms with E-state index in [-0.39, 0.29) is 28.0 Å². The maximum Gasteiger partial charge on any atom is 0.419 e. The van der Waals surface area contributed by atoms with E-state index in [1.54, 1.807) is 5.32 Å². The third-order valence-corrected chi connectivity index (χ3v) is 6.35. The fourth-order valence-corrected chi connectivity index (χ4v) is 4.43. The van der Waals surface area contributed by atoms with E-state index in [2.05, 4.69) is 10.5 Å². The highest BCUT2D eigenvalue weighted by atomic mass is 35.5. The van der Waals surface area contributed by atoms with Gasteiger partial charge < -0.3 is 15.5 Å². The number of hydrogen-bond donors (Lipinski definition) is 2. The molecule has 2 heterocycles. The minimum absolute atomic E-state index is 0.0549. The predicted molar refractivity (Wildman–Crippen MR) is 112 cm³/mol. The second kappa shape index (κ2) is 10.2. The van der Waals surface area contributed by atoms with Crippen molar-refractivity contribution in [2.75, 3.05) is 13.1 Å². The number of carbonyl (C=O) groups is 2. The van der Waals surface area contributed by atoms with Crippen LogP contribution in [0.3, 0.4) is 0 Å². The number of rotatable bonds is 6. The van der Waals surface area contributed by atoms with Gasteiger partial charge in [-0.1, -0.05) is 16.8 Å². The minimum atomic E-state index is -5.14. The number of thiophene rings is 1. The van der Waals surface area contributed by atoms with Gasteiger partial charge in [0.1, 0.15) is 18.1 Å². The Morgan fingerprint density at radius 2 is 1.81 bits per heavy atom. The molecule has 36 heavy (non-hydrogen) atoms. The van der Waals surface area contributed by atoms with Gasteiger partial charge in [-0.2, -0.15) is 26.3 Å². The number of halogens is 9. The first-order chi connectivity index (χ1) is 16.6. The van der Waals surface area contributed by atoms with Crippen LogP contribution in [-0.2, 0) is 15.8 Å². The molecule has 2 aromatic rings. The van der Waals surface area contributed by atoms with Crippen LogP contribution in [0.1, 0.15) is 43.8 Å². The highest BCUT2D eigenvalue weighted by molar-refractivity contribution is 7.16. The monoisotopic (exact) mass is 563 g/mol. The first-order valence-corrected chi connectivity index (χ1v) is 11.0. The lowest BCUT2D eigenvalue weighted by molar-refractivity contribution is -0.140. The summed E-state index contributed by atoms with van der Waals surface area (Å²) in [7, 11) is 0. The molecular formula is C20H14ClF8N3O3S. The number of oxime groups is 1. The molecule has 6 nitrogen and oxygen atoms in total. The fraction of sp³-hybridized carbons (Fsp3) is 0.350. The summed E-state index contributed by atoms with van der Waals surface area (Å²) in [6, 6.07) is 1.57. The van der Waals surface area contributed by atoms with Crippen molar-refractivity contribution in [3.8, 4) is 0 Å². The van der Waals surface area contributed by atoms with E-state index < -0.39 is 71.1 Å². The SMILES string of the molecule is Cc1cc(C2=NOC(c3c(F)c(Cl)cc(C(F)(F)F)c3F)C2)sc1C(=O)NCC(=O)NCC(F)(F)F. The van der Waals surface area contributed by atoms with Crippen LogP contribution in [0.5, 0.6) is 0 Å². The predicted octanol–water partition coefficient (Wildman–Crippen LogP) is 5.28. The average molecular weight is 564 g/mol. The summed E-state index contributed by atoms with van der Waals surface area (Å²) in [5.74, 6) is -5.19. The molecule has 1 unspecified atom stereocenters. The van der Waals surface area contributed by atoms with Crippen LogP contribution < -0.4 is 10.6 Å². The number of hydrogen-bond acceptors (Lipinski definition) is 5. The van der Waals surface area contributed by atoms with Crippen molar-refractivity contribution in [3.63, 3.8) is 0 Å². The highest BCUT2D eigenvalue weighted by Gasteiger charge is 2.40. The van der Waals surface area contributed by atoms with Crippen molar-refractivity contribution in [1.29, 1.82) is 0 Å². The summed E-state index contributed by atoms with van der Waals surface area (Å²) < 4.78 is 105. The molecule has 3 rings (SSSR count). The van der Waals surface area contributed by atoms with Gasteiger partial charge in [0.2, 0.25) is 5.91 Å². The van der Waals surface area contributed by atoms with Crippen molar-refractivity contribution < 1.29 is 49.5 Å². The summed E-state index contributed by atoms with van der Waals surface area (Å²) >= 11 is 6.34. The largest absolute Gasteiger partial charge is 0.419 e. The van der Waals surface area contributed by atoms with Gasteiger partial charge in [-0.05, 0) is 24.6 Å². The zero-order valence-electron chi connectivity index (χ0n) is 17.8. The number of nitrogens with one attached hydrogen (secondary N) is 2. The number of alkyl halides is 6. The topological polar surface area (TPSA) is 79.8 Å². The van der Waals surface area contributed by atoms with Crippen molar-refractivity contribution >= 4 is 40.5 Å².